The third-order valence-corrected chi connectivity index (χ3v) is 4.94. The fourth-order valence-electron chi connectivity index (χ4n) is 2.48. The maximum Gasteiger partial charge on any atom is 0.299 e. The minimum atomic E-state index is -2.77. The zero-order valence-corrected chi connectivity index (χ0v) is 18.0. The van der Waals surface area contributed by atoms with Crippen LogP contribution in [0.2, 0.25) is 0 Å². The number of nitrogens with zero attached hydrogens (tertiary/aromatic N) is 4. The molecule has 152 valence electrons. The standard InChI is InChI=1S/C19H17BrF2N4O2S/c1-27-16-7-6-12(8-13(16)11-28-15-5-3-4-14(20)9-15)10-23-26-18(17(21)22)24-25-19(26)29-2/h3-10,17H,11H2,1-2H3/b23-10-. The average molecular weight is 483 g/mol. The molecule has 0 bridgehead atoms. The van der Waals surface area contributed by atoms with Crippen LogP contribution in [0.1, 0.15) is 23.4 Å². The zero-order valence-electron chi connectivity index (χ0n) is 15.6. The molecule has 0 radical (unpaired) electrons. The van der Waals surface area contributed by atoms with Crippen LogP contribution in [0.5, 0.6) is 11.5 Å². The summed E-state index contributed by atoms with van der Waals surface area (Å²) >= 11 is 4.59. The van der Waals surface area contributed by atoms with Crippen molar-refractivity contribution < 1.29 is 18.3 Å². The van der Waals surface area contributed by atoms with Gasteiger partial charge in [0.1, 0.15) is 18.1 Å². The van der Waals surface area contributed by atoms with E-state index in [1.165, 1.54) is 18.0 Å². The Morgan fingerprint density at radius 2 is 2.07 bits per heavy atom. The molecule has 10 heteroatoms. The van der Waals surface area contributed by atoms with Gasteiger partial charge in [-0.1, -0.05) is 33.8 Å². The van der Waals surface area contributed by atoms with Gasteiger partial charge in [0.15, 0.2) is 0 Å². The molecule has 0 amide bonds. The number of hydrogen-bond donors (Lipinski definition) is 0. The number of halogens is 3. The second-order valence-corrected chi connectivity index (χ2v) is 7.41. The Labute approximate surface area is 179 Å². The lowest BCUT2D eigenvalue weighted by Crippen LogP contribution is -2.02. The Balaban J connectivity index is 1.83. The van der Waals surface area contributed by atoms with E-state index in [4.69, 9.17) is 9.47 Å². The SMILES string of the molecule is COc1ccc(/C=N\n2c(SC)nnc2C(F)F)cc1COc1cccc(Br)c1. The van der Waals surface area contributed by atoms with Gasteiger partial charge in [0.05, 0.1) is 13.3 Å². The van der Waals surface area contributed by atoms with Crippen molar-refractivity contribution >= 4 is 33.9 Å². The minimum absolute atomic E-state index is 0.270. The van der Waals surface area contributed by atoms with E-state index in [2.05, 4.69) is 31.2 Å². The molecule has 0 aliphatic rings. The molecule has 0 aliphatic carbocycles. The molecule has 6 nitrogen and oxygen atoms in total. The summed E-state index contributed by atoms with van der Waals surface area (Å²) in [5.41, 5.74) is 1.49. The largest absolute Gasteiger partial charge is 0.496 e. The lowest BCUT2D eigenvalue weighted by Gasteiger charge is -2.11. The number of rotatable bonds is 8. The summed E-state index contributed by atoms with van der Waals surface area (Å²) in [4.78, 5) is 0. The molecule has 0 N–H and O–H groups in total. The van der Waals surface area contributed by atoms with Crippen molar-refractivity contribution in [1.82, 2.24) is 14.9 Å². The normalized spacial score (nSPS) is 11.4. The van der Waals surface area contributed by atoms with Gasteiger partial charge in [-0.15, -0.1) is 10.2 Å². The number of hydrogen-bond acceptors (Lipinski definition) is 6. The van der Waals surface area contributed by atoms with Crippen molar-refractivity contribution in [1.29, 1.82) is 0 Å². The van der Waals surface area contributed by atoms with Gasteiger partial charge in [0.25, 0.3) is 6.43 Å². The van der Waals surface area contributed by atoms with Gasteiger partial charge in [0, 0.05) is 10.0 Å². The summed E-state index contributed by atoms with van der Waals surface area (Å²) in [5.74, 6) is 0.855. The second-order valence-electron chi connectivity index (χ2n) is 5.72. The maximum absolute atomic E-state index is 13.1. The fraction of sp³-hybridized carbons (Fsp3) is 0.211. The molecule has 1 heterocycles. The predicted molar refractivity (Wildman–Crippen MR) is 111 cm³/mol. The van der Waals surface area contributed by atoms with Gasteiger partial charge in [-0.25, -0.2) is 8.78 Å². The van der Waals surface area contributed by atoms with Gasteiger partial charge in [-0.2, -0.15) is 9.78 Å². The highest BCUT2D eigenvalue weighted by atomic mass is 79.9. The third-order valence-electron chi connectivity index (χ3n) is 3.83. The Morgan fingerprint density at radius 1 is 1.24 bits per heavy atom. The summed E-state index contributed by atoms with van der Waals surface area (Å²) in [6.07, 6.45) is 0.415. The van der Waals surface area contributed by atoms with Gasteiger partial charge >= 0.3 is 0 Å². The first-order valence-electron chi connectivity index (χ1n) is 8.39. The smallest absolute Gasteiger partial charge is 0.299 e. The number of alkyl halides is 2. The Morgan fingerprint density at radius 3 is 2.76 bits per heavy atom. The highest BCUT2D eigenvalue weighted by Crippen LogP contribution is 2.24. The molecule has 0 fully saturated rings. The first-order chi connectivity index (χ1) is 14.0. The lowest BCUT2D eigenvalue weighted by atomic mass is 10.1. The quantitative estimate of drug-likeness (QED) is 0.327. The molecular formula is C19H17BrF2N4O2S. The minimum Gasteiger partial charge on any atom is -0.496 e. The number of ether oxygens (including phenoxy) is 2. The van der Waals surface area contributed by atoms with Crippen LogP contribution in [-0.4, -0.2) is 34.5 Å². The van der Waals surface area contributed by atoms with E-state index in [1.54, 1.807) is 25.5 Å². The van der Waals surface area contributed by atoms with Crippen molar-refractivity contribution in [2.24, 2.45) is 5.10 Å². The Hall–Kier alpha value is -2.46. The molecule has 0 saturated carbocycles. The molecule has 0 atom stereocenters. The van der Waals surface area contributed by atoms with Gasteiger partial charge in [-0.3, -0.25) is 0 Å². The number of aromatic nitrogens is 3. The maximum atomic E-state index is 13.1. The summed E-state index contributed by atoms with van der Waals surface area (Å²) in [7, 11) is 1.57. The summed E-state index contributed by atoms with van der Waals surface area (Å²) in [6, 6.07) is 12.9. The second kappa shape index (κ2) is 9.84. The molecule has 2 aromatic carbocycles. The molecule has 29 heavy (non-hydrogen) atoms. The van der Waals surface area contributed by atoms with Crippen LogP contribution >= 0.6 is 27.7 Å². The first kappa shape index (κ1) is 21.3. The molecule has 1 aromatic heterocycles. The van der Waals surface area contributed by atoms with Crippen LogP contribution in [-0.2, 0) is 6.61 Å². The number of benzene rings is 2. The molecule has 0 spiro atoms. The van der Waals surface area contributed by atoms with E-state index in [9.17, 15) is 8.78 Å². The zero-order chi connectivity index (χ0) is 20.8. The molecule has 0 unspecified atom stereocenters. The van der Waals surface area contributed by atoms with Crippen LogP contribution in [0.4, 0.5) is 8.78 Å². The van der Waals surface area contributed by atoms with E-state index in [1.807, 2.05) is 30.3 Å². The highest BCUT2D eigenvalue weighted by molar-refractivity contribution is 9.10. The Kier molecular flexibility index (Phi) is 7.21. The van der Waals surface area contributed by atoms with Crippen molar-refractivity contribution in [2.75, 3.05) is 13.4 Å². The average Bonchev–Trinajstić information content (AvgIpc) is 3.14. The highest BCUT2D eigenvalue weighted by Gasteiger charge is 2.19. The van der Waals surface area contributed by atoms with Gasteiger partial charge in [0.2, 0.25) is 11.0 Å². The summed E-state index contributed by atoms with van der Waals surface area (Å²) in [5, 5.41) is 11.6. The van der Waals surface area contributed by atoms with Crippen LogP contribution in [0.25, 0.3) is 0 Å². The van der Waals surface area contributed by atoms with Crippen LogP contribution in [0, 0.1) is 0 Å². The van der Waals surface area contributed by atoms with Crippen molar-refractivity contribution in [2.45, 2.75) is 18.2 Å². The predicted octanol–water partition coefficient (Wildman–Crippen LogP) is 5.17. The molecule has 3 aromatic rings. The first-order valence-corrected chi connectivity index (χ1v) is 10.4. The van der Waals surface area contributed by atoms with E-state index in [0.717, 1.165) is 14.7 Å². The molecule has 0 aliphatic heterocycles. The van der Waals surface area contributed by atoms with Crippen LogP contribution in [0.3, 0.4) is 0 Å². The van der Waals surface area contributed by atoms with Crippen molar-refractivity contribution in [3.05, 3.63) is 63.9 Å². The van der Waals surface area contributed by atoms with Gasteiger partial charge in [-0.05, 0) is 48.2 Å². The monoisotopic (exact) mass is 482 g/mol. The van der Waals surface area contributed by atoms with E-state index < -0.39 is 12.2 Å². The third kappa shape index (κ3) is 5.33. The number of thioether (sulfide) groups is 1. The molecule has 0 saturated heterocycles. The van der Waals surface area contributed by atoms with Crippen LogP contribution < -0.4 is 9.47 Å². The fourth-order valence-corrected chi connectivity index (χ4v) is 3.30. The van der Waals surface area contributed by atoms with Crippen molar-refractivity contribution in [3.8, 4) is 11.5 Å². The molecular weight excluding hydrogens is 466 g/mol. The van der Waals surface area contributed by atoms with E-state index in [0.29, 0.717) is 17.1 Å². The summed E-state index contributed by atoms with van der Waals surface area (Å²) < 4.78 is 39.4. The van der Waals surface area contributed by atoms with Crippen molar-refractivity contribution in [3.63, 3.8) is 0 Å². The summed E-state index contributed by atoms with van der Waals surface area (Å²) in [6.45, 7) is 0.270. The van der Waals surface area contributed by atoms with Gasteiger partial charge < -0.3 is 9.47 Å². The molecule has 3 rings (SSSR count). The number of methoxy groups -OCH3 is 1. The topological polar surface area (TPSA) is 61.5 Å². The van der Waals surface area contributed by atoms with Crippen LogP contribution in [0.15, 0.2) is 57.2 Å². The lowest BCUT2D eigenvalue weighted by molar-refractivity contribution is 0.135. The Bertz CT molecular complexity index is 1010. The van der Waals surface area contributed by atoms with E-state index >= 15 is 0 Å². The van der Waals surface area contributed by atoms with E-state index in [-0.39, 0.29) is 11.8 Å².